The molecule has 0 fully saturated rings. The Hall–Kier alpha value is -0.530. The van der Waals surface area contributed by atoms with Gasteiger partial charge in [-0.1, -0.05) is 27.2 Å². The number of rotatable bonds is 5. The number of ether oxygens (including phenoxy) is 1. The highest BCUT2D eigenvalue weighted by Gasteiger charge is 2.10. The first-order chi connectivity index (χ1) is 6.31. The van der Waals surface area contributed by atoms with Gasteiger partial charge in [0.15, 0.2) is 0 Å². The van der Waals surface area contributed by atoms with E-state index in [1.54, 1.807) is 0 Å². The van der Waals surface area contributed by atoms with Crippen LogP contribution in [0.2, 0.25) is 0 Å². The van der Waals surface area contributed by atoms with Gasteiger partial charge in [-0.2, -0.15) is 0 Å². The summed E-state index contributed by atoms with van der Waals surface area (Å²) in [4.78, 5) is 10.6. The molecule has 2 nitrogen and oxygen atoms in total. The molecule has 1 unspecified atom stereocenters. The van der Waals surface area contributed by atoms with Gasteiger partial charge in [0.25, 0.3) is 0 Å². The smallest absolute Gasteiger partial charge is 0.302 e. The number of unbranched alkanes of at least 4 members (excludes halogenated alkanes) is 1. The number of carbonyl (C=O) groups excluding carboxylic acids is 1. The van der Waals surface area contributed by atoms with Crippen LogP contribution in [0.5, 0.6) is 0 Å². The summed E-state index contributed by atoms with van der Waals surface area (Å²) in [7, 11) is 0. The van der Waals surface area contributed by atoms with Gasteiger partial charge in [0.2, 0.25) is 0 Å². The fourth-order valence-corrected chi connectivity index (χ4v) is 1.32. The van der Waals surface area contributed by atoms with Crippen LogP contribution in [0.25, 0.3) is 0 Å². The largest absolute Gasteiger partial charge is 0.463 e. The molecule has 14 heavy (non-hydrogen) atoms. The van der Waals surface area contributed by atoms with Crippen LogP contribution in [0.15, 0.2) is 0 Å². The van der Waals surface area contributed by atoms with E-state index >= 15 is 0 Å². The second-order valence-electron chi connectivity index (χ2n) is 5.04. The lowest BCUT2D eigenvalue weighted by Crippen LogP contribution is -2.12. The van der Waals surface area contributed by atoms with Gasteiger partial charge in [0.1, 0.15) is 6.10 Å². The second-order valence-corrected chi connectivity index (χ2v) is 5.04. The molecule has 1 radical (unpaired) electrons. The highest BCUT2D eigenvalue weighted by Crippen LogP contribution is 2.22. The van der Waals surface area contributed by atoms with Gasteiger partial charge >= 0.3 is 5.97 Å². The number of esters is 1. The monoisotopic (exact) mass is 199 g/mol. The van der Waals surface area contributed by atoms with E-state index in [0.717, 1.165) is 12.8 Å². The van der Waals surface area contributed by atoms with Crippen LogP contribution < -0.4 is 0 Å². The Morgan fingerprint density at radius 2 is 1.93 bits per heavy atom. The Kier molecular flexibility index (Phi) is 5.82. The predicted molar refractivity (Wildman–Crippen MR) is 58.8 cm³/mol. The maximum atomic E-state index is 10.6. The topological polar surface area (TPSA) is 26.3 Å². The van der Waals surface area contributed by atoms with Crippen molar-refractivity contribution in [1.29, 1.82) is 0 Å². The van der Waals surface area contributed by atoms with E-state index in [4.69, 9.17) is 4.74 Å². The van der Waals surface area contributed by atoms with E-state index in [0.29, 0.717) is 5.41 Å². The van der Waals surface area contributed by atoms with Crippen molar-refractivity contribution in [2.24, 2.45) is 5.41 Å². The highest BCUT2D eigenvalue weighted by molar-refractivity contribution is 5.66. The third kappa shape index (κ3) is 9.56. The van der Waals surface area contributed by atoms with Gasteiger partial charge < -0.3 is 4.74 Å². The minimum absolute atomic E-state index is 0.174. The molecule has 0 N–H and O–H groups in total. The first-order valence-electron chi connectivity index (χ1n) is 5.31. The van der Waals surface area contributed by atoms with Crippen LogP contribution in [-0.4, -0.2) is 12.1 Å². The molecule has 0 saturated carbocycles. The zero-order chi connectivity index (χ0) is 11.2. The Bertz CT molecular complexity index is 168. The average Bonchev–Trinajstić information content (AvgIpc) is 1.95. The van der Waals surface area contributed by atoms with E-state index in [-0.39, 0.29) is 12.1 Å². The van der Waals surface area contributed by atoms with E-state index in [1.807, 2.05) is 0 Å². The van der Waals surface area contributed by atoms with Crippen LogP contribution in [0.4, 0.5) is 0 Å². The lowest BCUT2D eigenvalue weighted by Gasteiger charge is -2.18. The molecule has 0 heterocycles. The molecule has 0 bridgehead atoms. The van der Waals surface area contributed by atoms with Crippen LogP contribution in [0.3, 0.4) is 0 Å². The number of carbonyl (C=O) groups is 1. The maximum Gasteiger partial charge on any atom is 0.302 e. The predicted octanol–water partition coefficient (Wildman–Crippen LogP) is 3.36. The normalized spacial score (nSPS) is 13.8. The van der Waals surface area contributed by atoms with Crippen molar-refractivity contribution < 1.29 is 9.53 Å². The number of hydrogen-bond acceptors (Lipinski definition) is 2. The average molecular weight is 199 g/mol. The van der Waals surface area contributed by atoms with E-state index in [2.05, 4.69) is 27.7 Å². The van der Waals surface area contributed by atoms with Gasteiger partial charge in [0.05, 0.1) is 0 Å². The third-order valence-corrected chi connectivity index (χ3v) is 2.04. The van der Waals surface area contributed by atoms with Gasteiger partial charge in [-0.15, -0.1) is 0 Å². The molecule has 0 saturated heterocycles. The van der Waals surface area contributed by atoms with Crippen molar-refractivity contribution in [1.82, 2.24) is 0 Å². The van der Waals surface area contributed by atoms with Crippen LogP contribution in [0, 0.1) is 12.3 Å². The lowest BCUT2D eigenvalue weighted by molar-refractivity contribution is -0.144. The lowest BCUT2D eigenvalue weighted by atomic mass is 9.89. The molecular formula is C12H23O2. The number of hydrogen-bond donors (Lipinski definition) is 0. The molecule has 0 spiro atoms. The first-order valence-corrected chi connectivity index (χ1v) is 5.31. The molecule has 0 aromatic rings. The summed E-state index contributed by atoms with van der Waals surface area (Å²) in [6, 6.07) is 0. The zero-order valence-corrected chi connectivity index (χ0v) is 9.93. The van der Waals surface area contributed by atoms with Gasteiger partial charge in [-0.3, -0.25) is 4.79 Å². The molecule has 2 heteroatoms. The molecule has 1 atom stereocenters. The van der Waals surface area contributed by atoms with Crippen molar-refractivity contribution in [2.75, 3.05) is 0 Å². The van der Waals surface area contributed by atoms with Crippen LogP contribution in [0.1, 0.15) is 53.4 Å². The minimum atomic E-state index is -0.235. The molecule has 0 aromatic heterocycles. The zero-order valence-electron chi connectivity index (χ0n) is 9.93. The van der Waals surface area contributed by atoms with Crippen LogP contribution >= 0.6 is 0 Å². The summed E-state index contributed by atoms with van der Waals surface area (Å²) in [6.45, 7) is 11.9. The first kappa shape index (κ1) is 13.5. The highest BCUT2D eigenvalue weighted by atomic mass is 16.5. The summed E-state index contributed by atoms with van der Waals surface area (Å²) in [5.41, 5.74) is 0.401. The summed E-state index contributed by atoms with van der Waals surface area (Å²) in [5, 5.41) is 0. The second kappa shape index (κ2) is 6.05. The summed E-state index contributed by atoms with van der Waals surface area (Å²) < 4.78 is 4.93. The standard InChI is InChI=1S/C12H23O2/c1-10(14-11(2)13)8-6-7-9-12(3,4)5/h10H,1,6-9H2,2-5H3. The van der Waals surface area contributed by atoms with Gasteiger partial charge in [0, 0.05) is 6.92 Å². The Labute approximate surface area is 88.0 Å². The van der Waals surface area contributed by atoms with E-state index in [1.165, 1.54) is 19.8 Å². The van der Waals surface area contributed by atoms with Crippen molar-refractivity contribution in [3.05, 3.63) is 6.92 Å². The van der Waals surface area contributed by atoms with Crippen molar-refractivity contribution in [2.45, 2.75) is 59.5 Å². The van der Waals surface area contributed by atoms with Gasteiger partial charge in [-0.05, 0) is 31.6 Å². The minimum Gasteiger partial charge on any atom is -0.463 e. The Morgan fingerprint density at radius 3 is 2.36 bits per heavy atom. The molecule has 0 rings (SSSR count). The third-order valence-electron chi connectivity index (χ3n) is 2.04. The SMILES string of the molecule is [CH2]C(CCCCC(C)(C)C)OC(C)=O. The van der Waals surface area contributed by atoms with Gasteiger partial charge in [-0.25, -0.2) is 0 Å². The molecule has 0 aromatic carbocycles. The Balaban J connectivity index is 3.41. The van der Waals surface area contributed by atoms with Crippen molar-refractivity contribution in [3.8, 4) is 0 Å². The maximum absolute atomic E-state index is 10.6. The molecule has 0 amide bonds. The van der Waals surface area contributed by atoms with Crippen LogP contribution in [-0.2, 0) is 9.53 Å². The fraction of sp³-hybridized carbons (Fsp3) is 0.833. The van der Waals surface area contributed by atoms with E-state index in [9.17, 15) is 4.79 Å². The van der Waals surface area contributed by atoms with E-state index < -0.39 is 0 Å². The summed E-state index contributed by atoms with van der Waals surface area (Å²) in [5.74, 6) is -0.235. The molecule has 0 aliphatic heterocycles. The quantitative estimate of drug-likeness (QED) is 0.501. The Morgan fingerprint density at radius 1 is 1.36 bits per heavy atom. The van der Waals surface area contributed by atoms with Crippen molar-refractivity contribution in [3.63, 3.8) is 0 Å². The summed E-state index contributed by atoms with van der Waals surface area (Å²) >= 11 is 0. The fourth-order valence-electron chi connectivity index (χ4n) is 1.32. The molecular weight excluding hydrogens is 176 g/mol. The molecule has 0 aliphatic carbocycles. The summed E-state index contributed by atoms with van der Waals surface area (Å²) in [6.07, 6.45) is 4.16. The molecule has 0 aliphatic rings. The molecule has 83 valence electrons. The van der Waals surface area contributed by atoms with Crippen molar-refractivity contribution >= 4 is 5.97 Å².